The van der Waals surface area contributed by atoms with Crippen molar-refractivity contribution in [3.8, 4) is 0 Å². The Morgan fingerprint density at radius 3 is 1.81 bits per heavy atom. The number of carbonyl (C=O) groups is 1. The van der Waals surface area contributed by atoms with Gasteiger partial charge in [0.05, 0.1) is 0 Å². The molecule has 5 unspecified atom stereocenters. The summed E-state index contributed by atoms with van der Waals surface area (Å²) in [6, 6.07) is 0. The van der Waals surface area contributed by atoms with Gasteiger partial charge in [-0.2, -0.15) is 13.2 Å². The highest BCUT2D eigenvalue weighted by Crippen LogP contribution is 2.59. The van der Waals surface area contributed by atoms with Gasteiger partial charge < -0.3 is 9.84 Å². The normalized spacial score (nSPS) is 39.9. The first-order valence-corrected chi connectivity index (χ1v) is 9.80. The van der Waals surface area contributed by atoms with E-state index in [0.717, 1.165) is 51.5 Å². The summed E-state index contributed by atoms with van der Waals surface area (Å²) < 4.78 is 47.0. The molecule has 0 heterocycles. The van der Waals surface area contributed by atoms with Gasteiger partial charge in [0.1, 0.15) is 6.10 Å². The summed E-state index contributed by atoms with van der Waals surface area (Å²) in [5.74, 6) is -2.05. The molecule has 3 aliphatic carbocycles. The highest BCUT2D eigenvalue weighted by molar-refractivity contribution is 5.81. The molecule has 1 N–H and O–H groups in total. The van der Waals surface area contributed by atoms with Gasteiger partial charge in [0.2, 0.25) is 0 Å². The van der Waals surface area contributed by atoms with E-state index >= 15 is 0 Å². The van der Waals surface area contributed by atoms with Crippen molar-refractivity contribution < 1.29 is 27.8 Å². The number of alkyl halides is 3. The van der Waals surface area contributed by atoms with Gasteiger partial charge in [-0.3, -0.25) is 0 Å². The molecule has 3 fully saturated rings. The lowest BCUT2D eigenvalue weighted by Crippen LogP contribution is -2.62. The van der Waals surface area contributed by atoms with Gasteiger partial charge in [0.25, 0.3) is 0 Å². The van der Waals surface area contributed by atoms with Gasteiger partial charge in [0, 0.05) is 12.0 Å². The highest BCUT2D eigenvalue weighted by atomic mass is 19.4. The third kappa shape index (κ3) is 3.30. The van der Waals surface area contributed by atoms with Crippen molar-refractivity contribution in [2.75, 3.05) is 0 Å². The topological polar surface area (TPSA) is 46.5 Å². The van der Waals surface area contributed by atoms with Crippen LogP contribution in [-0.2, 0) is 9.53 Å². The molecule has 26 heavy (non-hydrogen) atoms. The molecule has 0 aromatic heterocycles. The number of hydrogen-bond donors (Lipinski definition) is 1. The Balaban J connectivity index is 2.01. The fraction of sp³-hybridized carbons (Fsp3) is 0.850. The fourth-order valence-electron chi connectivity index (χ4n) is 6.10. The summed E-state index contributed by atoms with van der Waals surface area (Å²) in [5.41, 5.74) is -2.71. The molecule has 3 saturated carbocycles. The van der Waals surface area contributed by atoms with Crippen LogP contribution in [0.5, 0.6) is 0 Å². The summed E-state index contributed by atoms with van der Waals surface area (Å²) in [7, 11) is 0. The molecule has 0 bridgehead atoms. The molecule has 0 saturated heterocycles. The smallest absolute Gasteiger partial charge is 0.417 e. The first-order valence-electron chi connectivity index (χ1n) is 9.80. The fourth-order valence-corrected chi connectivity index (χ4v) is 6.10. The van der Waals surface area contributed by atoms with Crippen LogP contribution < -0.4 is 0 Å². The monoisotopic (exact) mass is 374 g/mol. The van der Waals surface area contributed by atoms with E-state index in [1.165, 1.54) is 0 Å². The van der Waals surface area contributed by atoms with Crippen molar-refractivity contribution in [2.24, 2.45) is 29.6 Å². The number of carbonyl (C=O) groups excluding carboxylic acids is 1. The van der Waals surface area contributed by atoms with E-state index in [2.05, 4.69) is 6.58 Å². The molecule has 3 rings (SSSR count). The van der Waals surface area contributed by atoms with E-state index in [1.54, 1.807) is 0 Å². The minimum absolute atomic E-state index is 0.106. The first kappa shape index (κ1) is 19.7. The van der Waals surface area contributed by atoms with Crippen LogP contribution in [0.2, 0.25) is 0 Å². The molecule has 6 heteroatoms. The minimum Gasteiger partial charge on any atom is -0.459 e. The van der Waals surface area contributed by atoms with Gasteiger partial charge in [-0.1, -0.05) is 32.3 Å². The lowest BCUT2D eigenvalue weighted by Gasteiger charge is -2.58. The zero-order valence-corrected chi connectivity index (χ0v) is 15.3. The lowest BCUT2D eigenvalue weighted by molar-refractivity contribution is -0.302. The predicted octanol–water partition coefficient (Wildman–Crippen LogP) is 4.64. The van der Waals surface area contributed by atoms with E-state index < -0.39 is 23.7 Å². The van der Waals surface area contributed by atoms with Crippen LogP contribution in [0.4, 0.5) is 13.2 Å². The third-order valence-electron chi connectivity index (χ3n) is 7.16. The number of esters is 1. The van der Waals surface area contributed by atoms with E-state index in [1.807, 2.05) is 0 Å². The van der Waals surface area contributed by atoms with E-state index in [4.69, 9.17) is 4.74 Å². The molecule has 0 amide bonds. The summed E-state index contributed by atoms with van der Waals surface area (Å²) in [4.78, 5) is 11.9. The molecule has 0 aromatic carbocycles. The Hall–Kier alpha value is -1.04. The Kier molecular flexibility index (Phi) is 5.44. The maximum absolute atomic E-state index is 13.7. The summed E-state index contributed by atoms with van der Waals surface area (Å²) in [6.45, 7) is 4.41. The SMILES string of the molecule is C=CC(=O)OC1C2CCCCC2C(C(C)(O)C(F)(F)F)C2CCCCC21. The van der Waals surface area contributed by atoms with Crippen LogP contribution in [0.25, 0.3) is 0 Å². The molecule has 0 aromatic rings. The quantitative estimate of drug-likeness (QED) is 0.578. The molecule has 148 valence electrons. The third-order valence-corrected chi connectivity index (χ3v) is 7.16. The second kappa shape index (κ2) is 7.17. The first-order chi connectivity index (χ1) is 12.2. The lowest BCUT2D eigenvalue weighted by atomic mass is 9.50. The van der Waals surface area contributed by atoms with Crippen LogP contribution in [0.3, 0.4) is 0 Å². The number of aliphatic hydroxyl groups is 1. The van der Waals surface area contributed by atoms with Gasteiger partial charge in [-0.25, -0.2) is 4.79 Å². The maximum Gasteiger partial charge on any atom is 0.417 e. The van der Waals surface area contributed by atoms with Gasteiger partial charge in [-0.05, 0) is 56.3 Å². The van der Waals surface area contributed by atoms with Gasteiger partial charge in [-0.15, -0.1) is 0 Å². The summed E-state index contributed by atoms with van der Waals surface area (Å²) >= 11 is 0. The largest absolute Gasteiger partial charge is 0.459 e. The summed E-state index contributed by atoms with van der Waals surface area (Å²) in [5, 5.41) is 10.6. The van der Waals surface area contributed by atoms with Crippen molar-refractivity contribution in [3.63, 3.8) is 0 Å². The Labute approximate surface area is 153 Å². The number of fused-ring (bicyclic) bond motifs is 2. The van der Waals surface area contributed by atoms with Crippen LogP contribution in [0, 0.1) is 29.6 Å². The number of rotatable bonds is 3. The zero-order valence-electron chi connectivity index (χ0n) is 15.3. The average molecular weight is 374 g/mol. The van der Waals surface area contributed by atoms with Gasteiger partial charge >= 0.3 is 12.1 Å². The highest BCUT2D eigenvalue weighted by Gasteiger charge is 2.64. The van der Waals surface area contributed by atoms with Crippen molar-refractivity contribution in [3.05, 3.63) is 12.7 Å². The Morgan fingerprint density at radius 2 is 1.42 bits per heavy atom. The van der Waals surface area contributed by atoms with Crippen molar-refractivity contribution in [1.82, 2.24) is 0 Å². The maximum atomic E-state index is 13.7. The predicted molar refractivity (Wildman–Crippen MR) is 91.1 cm³/mol. The van der Waals surface area contributed by atoms with Crippen molar-refractivity contribution in [2.45, 2.75) is 76.2 Å². The Morgan fingerprint density at radius 1 is 1.00 bits per heavy atom. The standard InChI is InChI=1S/C20H29F3O3/c1-3-16(24)26-18-14-10-6-4-8-12(14)17(19(2,25)20(21,22)23)13-9-5-7-11-15(13)18/h3,12-15,17-18,25H,1,4-11H2,2H3. The zero-order chi connectivity index (χ0) is 19.1. The van der Waals surface area contributed by atoms with Crippen LogP contribution in [0.1, 0.15) is 58.3 Å². The summed E-state index contributed by atoms with van der Waals surface area (Å²) in [6.07, 6.45) is 2.55. The van der Waals surface area contributed by atoms with Crippen molar-refractivity contribution in [1.29, 1.82) is 0 Å². The molecule has 0 aliphatic heterocycles. The molecular formula is C20H29F3O3. The number of halogens is 3. The number of ether oxygens (including phenoxy) is 1. The molecule has 3 nitrogen and oxygen atoms in total. The van der Waals surface area contributed by atoms with Crippen LogP contribution >= 0.6 is 0 Å². The molecule has 0 radical (unpaired) electrons. The second-order valence-electron chi connectivity index (χ2n) is 8.50. The van der Waals surface area contributed by atoms with E-state index in [-0.39, 0.29) is 29.8 Å². The second-order valence-corrected chi connectivity index (χ2v) is 8.50. The minimum atomic E-state index is -4.66. The average Bonchev–Trinajstić information content (AvgIpc) is 2.60. The molecular weight excluding hydrogens is 345 g/mol. The molecule has 3 aliphatic rings. The number of hydrogen-bond acceptors (Lipinski definition) is 3. The van der Waals surface area contributed by atoms with Crippen LogP contribution in [-0.4, -0.2) is 29.0 Å². The molecule has 0 spiro atoms. The van der Waals surface area contributed by atoms with Crippen LogP contribution in [0.15, 0.2) is 12.7 Å². The molecule has 5 atom stereocenters. The van der Waals surface area contributed by atoms with E-state index in [9.17, 15) is 23.1 Å². The van der Waals surface area contributed by atoms with Crippen molar-refractivity contribution >= 4 is 5.97 Å². The Bertz CT molecular complexity index is 519. The van der Waals surface area contributed by atoms with Gasteiger partial charge in [0.15, 0.2) is 5.60 Å². The van der Waals surface area contributed by atoms with E-state index in [0.29, 0.717) is 12.8 Å².